The van der Waals surface area contributed by atoms with Gasteiger partial charge in [0.05, 0.1) is 0 Å². The SMILES string of the molecule is [CH-]=C(C(=[N-])Cl)N(CCC)C(=O)C(C)CSC.[Li+].[c-]1cccnc1. The largest absolute Gasteiger partial charge is 1.00 e. The third-order valence-corrected chi connectivity index (χ3v) is 3.59. The second-order valence-electron chi connectivity index (χ2n) is 4.48. The Balaban J connectivity index is 0. The molecule has 0 bridgehead atoms. The summed E-state index contributed by atoms with van der Waals surface area (Å²) in [5, 5.41) is 8.57. The standard InChI is InChI=1S/C11H17ClN2OS.C5H4N.Li/c1-5-6-14(9(3)10(12)13)11(15)8(2)7-16-4;1-2-4-6-5-3-1;/h3,8H,5-7H2,1-2,4H3;1-2,4-5H;/q-2;-1;+1. The number of allylic oxidation sites excluding steroid dienone is 1. The number of halogens is 1. The van der Waals surface area contributed by atoms with Crippen molar-refractivity contribution in [2.24, 2.45) is 5.92 Å². The van der Waals surface area contributed by atoms with Crippen molar-refractivity contribution < 1.29 is 23.7 Å². The van der Waals surface area contributed by atoms with Gasteiger partial charge in [0.2, 0.25) is 5.91 Å². The van der Waals surface area contributed by atoms with Gasteiger partial charge in [-0.3, -0.25) is 11.4 Å². The number of rotatable bonds is 7. The van der Waals surface area contributed by atoms with E-state index in [9.17, 15) is 4.79 Å². The van der Waals surface area contributed by atoms with Gasteiger partial charge in [-0.05, 0) is 12.7 Å². The zero-order valence-electron chi connectivity index (χ0n) is 14.1. The van der Waals surface area contributed by atoms with Crippen LogP contribution >= 0.6 is 23.4 Å². The number of carbonyl (C=O) groups is 1. The van der Waals surface area contributed by atoms with Crippen molar-refractivity contribution in [1.29, 1.82) is 0 Å². The van der Waals surface area contributed by atoms with Crippen LogP contribution in [0.4, 0.5) is 0 Å². The number of nitrogens with zero attached hydrogens (tertiary/aromatic N) is 3. The van der Waals surface area contributed by atoms with Crippen LogP contribution in [0.3, 0.4) is 0 Å². The van der Waals surface area contributed by atoms with Crippen molar-refractivity contribution in [2.45, 2.75) is 20.3 Å². The Hall–Kier alpha value is -0.733. The van der Waals surface area contributed by atoms with Gasteiger partial charge in [0.15, 0.2) is 0 Å². The zero-order valence-corrected chi connectivity index (χ0v) is 15.7. The first-order chi connectivity index (χ1) is 10.5. The molecule has 0 fully saturated rings. The fourth-order valence-electron chi connectivity index (χ4n) is 1.55. The fraction of sp³-hybridized carbons (Fsp3) is 0.438. The summed E-state index contributed by atoms with van der Waals surface area (Å²) in [7, 11) is 0. The van der Waals surface area contributed by atoms with Gasteiger partial charge in [-0.1, -0.05) is 26.2 Å². The zero-order chi connectivity index (χ0) is 17.0. The van der Waals surface area contributed by atoms with E-state index in [1.54, 1.807) is 24.2 Å². The molecule has 23 heavy (non-hydrogen) atoms. The van der Waals surface area contributed by atoms with Gasteiger partial charge in [-0.2, -0.15) is 17.8 Å². The quantitative estimate of drug-likeness (QED) is 0.414. The first kappa shape index (κ1) is 24.5. The number of thioether (sulfide) groups is 1. The van der Waals surface area contributed by atoms with Crippen LogP contribution in [0.15, 0.2) is 30.2 Å². The molecule has 0 spiro atoms. The Morgan fingerprint density at radius 3 is 2.52 bits per heavy atom. The fourth-order valence-corrected chi connectivity index (χ4v) is 2.29. The molecule has 1 amide bonds. The van der Waals surface area contributed by atoms with Crippen LogP contribution in [0.1, 0.15) is 20.3 Å². The molecule has 0 N–H and O–H groups in total. The predicted molar refractivity (Wildman–Crippen MR) is 94.7 cm³/mol. The summed E-state index contributed by atoms with van der Waals surface area (Å²) in [5.41, 5.74) is -0.0681. The van der Waals surface area contributed by atoms with Crippen molar-refractivity contribution >= 4 is 34.4 Å². The molecule has 0 aromatic carbocycles. The van der Waals surface area contributed by atoms with Crippen LogP contribution in [0.25, 0.3) is 5.41 Å². The first-order valence-electron chi connectivity index (χ1n) is 6.86. The smallest absolute Gasteiger partial charge is 0.893 e. The number of pyridine rings is 1. The Bertz CT molecular complexity index is 447. The molecule has 0 radical (unpaired) electrons. The monoisotopic (exact) mass is 345 g/mol. The molecule has 0 saturated heterocycles. The number of aromatic nitrogens is 1. The second-order valence-corrected chi connectivity index (χ2v) is 5.74. The maximum absolute atomic E-state index is 12.0. The van der Waals surface area contributed by atoms with E-state index >= 15 is 0 Å². The van der Waals surface area contributed by atoms with Crippen molar-refractivity contribution in [3.05, 3.63) is 48.3 Å². The summed E-state index contributed by atoms with van der Waals surface area (Å²) in [6.07, 6.45) is 6.03. The normalized spacial score (nSPS) is 10.4. The van der Waals surface area contributed by atoms with Crippen molar-refractivity contribution in [3.8, 4) is 0 Å². The van der Waals surface area contributed by atoms with E-state index in [0.717, 1.165) is 12.2 Å². The van der Waals surface area contributed by atoms with Crippen LogP contribution < -0.4 is 18.9 Å². The Labute approximate surface area is 160 Å². The Morgan fingerprint density at radius 2 is 2.22 bits per heavy atom. The number of hydrogen-bond donors (Lipinski definition) is 0. The molecule has 0 aliphatic rings. The number of carbonyl (C=O) groups excluding carboxylic acids is 1. The third kappa shape index (κ3) is 10.6. The molecule has 7 heteroatoms. The van der Waals surface area contributed by atoms with E-state index in [-0.39, 0.29) is 36.4 Å². The minimum Gasteiger partial charge on any atom is -0.893 e. The van der Waals surface area contributed by atoms with Gasteiger partial charge in [0, 0.05) is 18.2 Å². The van der Waals surface area contributed by atoms with Gasteiger partial charge in [-0.25, -0.2) is 28.9 Å². The average molecular weight is 346 g/mol. The van der Waals surface area contributed by atoms with Crippen LogP contribution in [-0.4, -0.2) is 39.5 Å². The van der Waals surface area contributed by atoms with Crippen LogP contribution in [0.5, 0.6) is 0 Å². The van der Waals surface area contributed by atoms with Crippen molar-refractivity contribution in [3.63, 3.8) is 0 Å². The maximum Gasteiger partial charge on any atom is 1.00 e. The van der Waals surface area contributed by atoms with E-state index in [1.807, 2.05) is 32.2 Å². The molecular weight excluding hydrogens is 325 g/mol. The Morgan fingerprint density at radius 1 is 1.57 bits per heavy atom. The topological polar surface area (TPSA) is 55.5 Å². The van der Waals surface area contributed by atoms with Crippen molar-refractivity contribution in [2.75, 3.05) is 18.6 Å². The van der Waals surface area contributed by atoms with Gasteiger partial charge in [0.1, 0.15) is 0 Å². The molecule has 0 aliphatic heterocycles. The van der Waals surface area contributed by atoms with Crippen molar-refractivity contribution in [1.82, 2.24) is 9.88 Å². The van der Waals surface area contributed by atoms with E-state index in [4.69, 9.17) is 23.6 Å². The molecule has 1 atom stereocenters. The molecule has 1 rings (SSSR count). The molecule has 1 aromatic rings. The van der Waals surface area contributed by atoms with Crippen LogP contribution in [-0.2, 0) is 4.79 Å². The summed E-state index contributed by atoms with van der Waals surface area (Å²) < 4.78 is 0. The molecule has 0 saturated carbocycles. The number of hydrogen-bond acceptors (Lipinski definition) is 3. The molecule has 4 nitrogen and oxygen atoms in total. The van der Waals surface area contributed by atoms with E-state index in [1.165, 1.54) is 4.90 Å². The molecule has 1 aromatic heterocycles. The predicted octanol–water partition coefficient (Wildman–Crippen LogP) is 0.633. The first-order valence-corrected chi connectivity index (χ1v) is 8.63. The summed E-state index contributed by atoms with van der Waals surface area (Å²) >= 11 is 6.99. The second kappa shape index (κ2) is 14.8. The third-order valence-electron chi connectivity index (χ3n) is 2.57. The van der Waals surface area contributed by atoms with Crippen LogP contribution in [0.2, 0.25) is 0 Å². The van der Waals surface area contributed by atoms with Gasteiger partial charge in [0.25, 0.3) is 0 Å². The maximum atomic E-state index is 12.0. The van der Waals surface area contributed by atoms with Gasteiger partial charge in [-0.15, -0.1) is 5.70 Å². The van der Waals surface area contributed by atoms with E-state index < -0.39 is 5.17 Å². The minimum absolute atomic E-state index is 0. The summed E-state index contributed by atoms with van der Waals surface area (Å²) in [4.78, 5) is 17.1. The molecule has 0 aliphatic carbocycles. The summed E-state index contributed by atoms with van der Waals surface area (Å²) in [5.74, 6) is 0.465. The van der Waals surface area contributed by atoms with Gasteiger partial charge < -0.3 is 15.3 Å². The average Bonchev–Trinajstić information content (AvgIpc) is 2.53. The molecule has 122 valence electrons. The summed E-state index contributed by atoms with van der Waals surface area (Å²) in [6, 6.07) is 6.43. The Kier molecular flexibility index (Phi) is 15.8. The molecule has 1 heterocycles. The van der Waals surface area contributed by atoms with E-state index in [0.29, 0.717) is 6.54 Å². The number of amides is 1. The molecule has 1 unspecified atom stereocenters. The van der Waals surface area contributed by atoms with Gasteiger partial charge >= 0.3 is 18.9 Å². The molecular formula is C16H21ClLiN3OS-2. The summed E-state index contributed by atoms with van der Waals surface area (Å²) in [6.45, 7) is 9.80. The minimum atomic E-state index is -0.529. The van der Waals surface area contributed by atoms with E-state index in [2.05, 4.69) is 11.1 Å². The van der Waals surface area contributed by atoms with Crippen LogP contribution in [0, 0.1) is 18.6 Å².